The Morgan fingerprint density at radius 1 is 1.52 bits per heavy atom. The number of carbonyl (C=O) groups is 1. The summed E-state index contributed by atoms with van der Waals surface area (Å²) < 4.78 is 5.50. The van der Waals surface area contributed by atoms with Crippen LogP contribution in [0.25, 0.3) is 10.8 Å². The van der Waals surface area contributed by atoms with E-state index in [4.69, 9.17) is 4.42 Å². The van der Waals surface area contributed by atoms with Gasteiger partial charge in [-0.2, -0.15) is 0 Å². The lowest BCUT2D eigenvalue weighted by atomic mass is 10.3. The number of carbonyl (C=O) groups excluding carboxylic acids is 1. The van der Waals surface area contributed by atoms with Crippen LogP contribution >= 0.6 is 11.3 Å². The van der Waals surface area contributed by atoms with Crippen molar-refractivity contribution in [2.45, 2.75) is 33.4 Å². The maximum atomic E-state index is 11.8. The largest absolute Gasteiger partial charge is 0.444 e. The van der Waals surface area contributed by atoms with E-state index in [1.165, 1.54) is 0 Å². The Morgan fingerprint density at radius 2 is 2.33 bits per heavy atom. The average Bonchev–Trinajstić information content (AvgIpc) is 3.07. The molecule has 0 unspecified atom stereocenters. The van der Waals surface area contributed by atoms with Crippen molar-refractivity contribution in [3.05, 3.63) is 29.5 Å². The minimum Gasteiger partial charge on any atom is -0.444 e. The van der Waals surface area contributed by atoms with E-state index in [0.717, 1.165) is 17.1 Å². The molecule has 0 bridgehead atoms. The maximum Gasteiger partial charge on any atom is 0.236 e. The lowest BCUT2D eigenvalue weighted by Gasteiger charge is -2.19. The van der Waals surface area contributed by atoms with Gasteiger partial charge in [-0.1, -0.05) is 13.0 Å². The van der Waals surface area contributed by atoms with E-state index < -0.39 is 0 Å². The Labute approximate surface area is 129 Å². The summed E-state index contributed by atoms with van der Waals surface area (Å²) in [5.74, 6) is 0.677. The van der Waals surface area contributed by atoms with Gasteiger partial charge in [-0.05, 0) is 31.8 Å². The summed E-state index contributed by atoms with van der Waals surface area (Å²) in [6.07, 6.45) is 1.66. The zero-order chi connectivity index (χ0) is 15.2. The highest BCUT2D eigenvalue weighted by Gasteiger charge is 2.13. The minimum atomic E-state index is 0.0359. The molecule has 0 fully saturated rings. The van der Waals surface area contributed by atoms with Crippen LogP contribution in [0.3, 0.4) is 0 Å². The quantitative estimate of drug-likeness (QED) is 0.854. The molecule has 0 aromatic carbocycles. The van der Waals surface area contributed by atoms with E-state index in [-0.39, 0.29) is 11.9 Å². The van der Waals surface area contributed by atoms with Gasteiger partial charge in [0.15, 0.2) is 0 Å². The zero-order valence-corrected chi connectivity index (χ0v) is 13.4. The summed E-state index contributed by atoms with van der Waals surface area (Å²) in [5, 5.41) is 4.89. The molecule has 0 spiro atoms. The van der Waals surface area contributed by atoms with Gasteiger partial charge < -0.3 is 9.73 Å². The molecule has 1 amide bonds. The van der Waals surface area contributed by atoms with Gasteiger partial charge in [-0.15, -0.1) is 11.3 Å². The van der Waals surface area contributed by atoms with Gasteiger partial charge in [-0.3, -0.25) is 9.69 Å². The molecule has 2 heterocycles. The smallest absolute Gasteiger partial charge is 0.236 e. The molecule has 21 heavy (non-hydrogen) atoms. The molecule has 0 saturated carbocycles. The van der Waals surface area contributed by atoms with Gasteiger partial charge in [-0.25, -0.2) is 4.98 Å². The first kappa shape index (κ1) is 15.7. The van der Waals surface area contributed by atoms with Crippen LogP contribution in [-0.4, -0.2) is 34.9 Å². The van der Waals surface area contributed by atoms with Crippen LogP contribution in [0, 0.1) is 0 Å². The number of oxazole rings is 1. The molecular weight excluding hydrogens is 286 g/mol. The van der Waals surface area contributed by atoms with E-state index >= 15 is 0 Å². The molecule has 0 atom stereocenters. The molecule has 0 aliphatic heterocycles. The van der Waals surface area contributed by atoms with Gasteiger partial charge in [0, 0.05) is 12.6 Å². The third kappa shape index (κ3) is 4.68. The highest BCUT2D eigenvalue weighted by molar-refractivity contribution is 7.13. The second-order valence-electron chi connectivity index (χ2n) is 5.15. The van der Waals surface area contributed by atoms with Crippen molar-refractivity contribution in [1.82, 2.24) is 15.2 Å². The number of aromatic nitrogens is 1. The van der Waals surface area contributed by atoms with Crippen LogP contribution in [0.5, 0.6) is 0 Å². The number of rotatable bonds is 7. The van der Waals surface area contributed by atoms with Gasteiger partial charge in [0.2, 0.25) is 11.8 Å². The fourth-order valence-electron chi connectivity index (χ4n) is 1.97. The van der Waals surface area contributed by atoms with Crippen molar-refractivity contribution in [2.75, 3.05) is 13.1 Å². The predicted molar refractivity (Wildman–Crippen MR) is 84.0 cm³/mol. The molecule has 2 aromatic heterocycles. The highest BCUT2D eigenvalue weighted by Crippen LogP contribution is 2.23. The number of nitrogens with zero attached hydrogens (tertiary/aromatic N) is 2. The zero-order valence-electron chi connectivity index (χ0n) is 12.6. The summed E-state index contributed by atoms with van der Waals surface area (Å²) >= 11 is 1.60. The number of amides is 1. The van der Waals surface area contributed by atoms with Crippen molar-refractivity contribution in [1.29, 1.82) is 0 Å². The molecule has 0 saturated heterocycles. The van der Waals surface area contributed by atoms with Crippen LogP contribution in [0.2, 0.25) is 0 Å². The summed E-state index contributed by atoms with van der Waals surface area (Å²) in [7, 11) is 0. The Kier molecular flexibility index (Phi) is 5.52. The fourth-order valence-corrected chi connectivity index (χ4v) is 2.63. The number of likely N-dealkylation sites (N-methyl/N-ethyl adjacent to an activating group) is 1. The molecule has 5 nitrogen and oxygen atoms in total. The maximum absolute atomic E-state index is 11.8. The van der Waals surface area contributed by atoms with E-state index in [2.05, 4.69) is 10.3 Å². The third-order valence-corrected chi connectivity index (χ3v) is 3.79. The van der Waals surface area contributed by atoms with Crippen LogP contribution in [-0.2, 0) is 11.3 Å². The first-order valence-corrected chi connectivity index (χ1v) is 7.96. The lowest BCUT2D eigenvalue weighted by Crippen LogP contribution is -2.39. The molecule has 0 aliphatic carbocycles. The van der Waals surface area contributed by atoms with Gasteiger partial charge in [0.1, 0.15) is 6.26 Å². The van der Waals surface area contributed by atoms with E-state index in [0.29, 0.717) is 19.0 Å². The second-order valence-corrected chi connectivity index (χ2v) is 6.09. The SMILES string of the molecule is CCN(CC(=O)NC(C)C)Cc1coc(-c2cccs2)n1. The Bertz CT molecular complexity index is 563. The second kappa shape index (κ2) is 7.38. The van der Waals surface area contributed by atoms with E-state index in [1.807, 2.05) is 43.2 Å². The number of hydrogen-bond donors (Lipinski definition) is 1. The summed E-state index contributed by atoms with van der Waals surface area (Å²) in [5.41, 5.74) is 0.845. The van der Waals surface area contributed by atoms with E-state index in [1.54, 1.807) is 17.6 Å². The normalized spacial score (nSPS) is 11.3. The first-order chi connectivity index (χ1) is 10.1. The fraction of sp³-hybridized carbons (Fsp3) is 0.467. The lowest BCUT2D eigenvalue weighted by molar-refractivity contribution is -0.122. The molecule has 6 heteroatoms. The first-order valence-electron chi connectivity index (χ1n) is 7.08. The molecule has 2 aromatic rings. The van der Waals surface area contributed by atoms with E-state index in [9.17, 15) is 4.79 Å². The highest BCUT2D eigenvalue weighted by atomic mass is 32.1. The number of hydrogen-bond acceptors (Lipinski definition) is 5. The van der Waals surface area contributed by atoms with Crippen molar-refractivity contribution in [3.8, 4) is 10.8 Å². The van der Waals surface area contributed by atoms with Crippen molar-refractivity contribution in [3.63, 3.8) is 0 Å². The molecule has 1 N–H and O–H groups in total. The van der Waals surface area contributed by atoms with Crippen LogP contribution in [0.15, 0.2) is 28.2 Å². The minimum absolute atomic E-state index is 0.0359. The molecule has 0 radical (unpaired) electrons. The monoisotopic (exact) mass is 307 g/mol. The standard InChI is InChI=1S/C15H21N3O2S/c1-4-18(9-14(19)16-11(2)3)8-12-10-20-15(17-12)13-6-5-7-21-13/h5-7,10-11H,4,8-9H2,1-3H3,(H,16,19). The summed E-state index contributed by atoms with van der Waals surface area (Å²) in [4.78, 5) is 19.3. The topological polar surface area (TPSA) is 58.4 Å². The van der Waals surface area contributed by atoms with Gasteiger partial charge >= 0.3 is 0 Å². The third-order valence-electron chi connectivity index (χ3n) is 2.93. The number of nitrogens with one attached hydrogen (secondary N) is 1. The van der Waals surface area contributed by atoms with Crippen molar-refractivity contribution in [2.24, 2.45) is 0 Å². The van der Waals surface area contributed by atoms with Gasteiger partial charge in [0.05, 0.1) is 17.1 Å². The van der Waals surface area contributed by atoms with Crippen LogP contribution in [0.4, 0.5) is 0 Å². The molecule has 0 aliphatic rings. The molecule has 2 rings (SSSR count). The number of thiophene rings is 1. The van der Waals surface area contributed by atoms with Crippen LogP contribution in [0.1, 0.15) is 26.5 Å². The summed E-state index contributed by atoms with van der Waals surface area (Å²) in [6.45, 7) is 7.71. The van der Waals surface area contributed by atoms with Crippen molar-refractivity contribution < 1.29 is 9.21 Å². The molecular formula is C15H21N3O2S. The Hall–Kier alpha value is -1.66. The average molecular weight is 307 g/mol. The van der Waals surface area contributed by atoms with Crippen LogP contribution < -0.4 is 5.32 Å². The van der Waals surface area contributed by atoms with Crippen molar-refractivity contribution >= 4 is 17.2 Å². The Balaban J connectivity index is 1.94. The summed E-state index contributed by atoms with van der Waals surface area (Å²) in [6, 6.07) is 4.11. The predicted octanol–water partition coefficient (Wildman–Crippen LogP) is 2.75. The molecule has 114 valence electrons. The Morgan fingerprint density at radius 3 is 2.95 bits per heavy atom. The van der Waals surface area contributed by atoms with Gasteiger partial charge in [0.25, 0.3) is 0 Å².